The van der Waals surface area contributed by atoms with Crippen LogP contribution in [0.5, 0.6) is 11.5 Å². The molecule has 0 aliphatic carbocycles. The maximum absolute atomic E-state index is 13.0. The Hall–Kier alpha value is -2.74. The molecular formula is C24H27ClN2O5. The fraction of sp³-hybridized carbons (Fsp3) is 0.375. The standard InChI is InChI=1S/C24H27ClN2O5/c1-12(2)26-15-6-4-5-14(23(15)25)20-10-19(31)22-18(30)9-17(29)21(24(22)32-20)13-7-8-27(3)16(13)11-28/h4-6,9-10,12-13,16,26,28-30H,7-8,11H2,1-3H3. The number of halogens is 1. The maximum atomic E-state index is 13.0. The summed E-state index contributed by atoms with van der Waals surface area (Å²) in [6, 6.07) is 7.78. The third kappa shape index (κ3) is 3.81. The smallest absolute Gasteiger partial charge is 0.197 e. The third-order valence-corrected chi connectivity index (χ3v) is 6.49. The van der Waals surface area contributed by atoms with Gasteiger partial charge in [-0.2, -0.15) is 0 Å². The van der Waals surface area contributed by atoms with Gasteiger partial charge >= 0.3 is 0 Å². The van der Waals surface area contributed by atoms with E-state index in [1.807, 2.05) is 37.9 Å². The predicted molar refractivity (Wildman–Crippen MR) is 126 cm³/mol. The van der Waals surface area contributed by atoms with Crippen LogP contribution in [0, 0.1) is 0 Å². The Morgan fingerprint density at radius 3 is 2.69 bits per heavy atom. The molecule has 4 rings (SSSR count). The summed E-state index contributed by atoms with van der Waals surface area (Å²) in [6.07, 6.45) is 0.664. The van der Waals surface area contributed by atoms with Crippen LogP contribution in [0.4, 0.5) is 5.69 Å². The second-order valence-corrected chi connectivity index (χ2v) is 8.98. The van der Waals surface area contributed by atoms with Gasteiger partial charge in [-0.1, -0.05) is 17.7 Å². The molecule has 170 valence electrons. The van der Waals surface area contributed by atoms with Gasteiger partial charge in [0.05, 0.1) is 17.3 Å². The Labute approximate surface area is 190 Å². The van der Waals surface area contributed by atoms with Crippen LogP contribution in [0.1, 0.15) is 31.7 Å². The lowest BCUT2D eigenvalue weighted by Crippen LogP contribution is -2.32. The molecule has 1 aliphatic heterocycles. The van der Waals surface area contributed by atoms with Crippen LogP contribution in [0.3, 0.4) is 0 Å². The van der Waals surface area contributed by atoms with Crippen molar-refractivity contribution in [2.45, 2.75) is 38.3 Å². The Morgan fingerprint density at radius 2 is 2.00 bits per heavy atom. The molecular weight excluding hydrogens is 432 g/mol. The molecule has 2 aromatic carbocycles. The van der Waals surface area contributed by atoms with Crippen molar-refractivity contribution in [1.29, 1.82) is 0 Å². The molecule has 0 bridgehead atoms. The zero-order valence-corrected chi connectivity index (χ0v) is 19.0. The summed E-state index contributed by atoms with van der Waals surface area (Å²) in [5.41, 5.74) is 1.31. The molecule has 8 heteroatoms. The Balaban J connectivity index is 1.97. The van der Waals surface area contributed by atoms with E-state index in [0.717, 1.165) is 6.54 Å². The first kappa shape index (κ1) is 22.5. The van der Waals surface area contributed by atoms with E-state index in [1.54, 1.807) is 6.07 Å². The monoisotopic (exact) mass is 458 g/mol. The van der Waals surface area contributed by atoms with Gasteiger partial charge < -0.3 is 30.0 Å². The summed E-state index contributed by atoms with van der Waals surface area (Å²) in [4.78, 5) is 15.0. The average Bonchev–Trinajstić information content (AvgIpc) is 3.08. The lowest BCUT2D eigenvalue weighted by atomic mass is 9.89. The van der Waals surface area contributed by atoms with Crippen LogP contribution >= 0.6 is 11.6 Å². The number of hydrogen-bond acceptors (Lipinski definition) is 7. The van der Waals surface area contributed by atoms with E-state index in [-0.39, 0.29) is 52.8 Å². The molecule has 0 amide bonds. The van der Waals surface area contributed by atoms with Gasteiger partial charge in [0.25, 0.3) is 0 Å². The van der Waals surface area contributed by atoms with Crippen molar-refractivity contribution >= 4 is 28.3 Å². The number of likely N-dealkylation sites (tertiary alicyclic amines) is 1. The lowest BCUT2D eigenvalue weighted by molar-refractivity contribution is 0.172. The van der Waals surface area contributed by atoms with E-state index < -0.39 is 5.43 Å². The summed E-state index contributed by atoms with van der Waals surface area (Å²) < 4.78 is 6.17. The molecule has 2 heterocycles. The number of likely N-dealkylation sites (N-methyl/N-ethyl adjacent to an activating group) is 1. The molecule has 0 radical (unpaired) electrons. The highest BCUT2D eigenvalue weighted by molar-refractivity contribution is 6.35. The first-order valence-electron chi connectivity index (χ1n) is 10.6. The first-order valence-corrected chi connectivity index (χ1v) is 11.0. The minimum absolute atomic E-state index is 0.000348. The van der Waals surface area contributed by atoms with Crippen molar-refractivity contribution < 1.29 is 19.7 Å². The van der Waals surface area contributed by atoms with E-state index in [0.29, 0.717) is 28.3 Å². The summed E-state index contributed by atoms with van der Waals surface area (Å²) in [7, 11) is 1.90. The highest BCUT2D eigenvalue weighted by Gasteiger charge is 2.36. The van der Waals surface area contributed by atoms with Gasteiger partial charge in [0.2, 0.25) is 0 Å². The number of aromatic hydroxyl groups is 2. The number of benzene rings is 2. The largest absolute Gasteiger partial charge is 0.507 e. The zero-order valence-electron chi connectivity index (χ0n) is 18.2. The number of fused-ring (bicyclic) bond motifs is 1. The third-order valence-electron chi connectivity index (χ3n) is 6.09. The summed E-state index contributed by atoms with van der Waals surface area (Å²) in [5, 5.41) is 34.8. The quantitative estimate of drug-likeness (QED) is 0.455. The van der Waals surface area contributed by atoms with Crippen LogP contribution < -0.4 is 10.7 Å². The summed E-state index contributed by atoms with van der Waals surface area (Å²) >= 11 is 6.62. The van der Waals surface area contributed by atoms with E-state index >= 15 is 0 Å². The Kier molecular flexibility index (Phi) is 6.07. The molecule has 1 saturated heterocycles. The van der Waals surface area contributed by atoms with Crippen molar-refractivity contribution in [1.82, 2.24) is 4.90 Å². The zero-order chi connectivity index (χ0) is 23.2. The highest BCUT2D eigenvalue weighted by Crippen LogP contribution is 2.45. The van der Waals surface area contributed by atoms with Gasteiger partial charge in [0.15, 0.2) is 5.43 Å². The minimum atomic E-state index is -0.440. The van der Waals surface area contributed by atoms with Crippen LogP contribution in [0.2, 0.25) is 5.02 Å². The number of aliphatic hydroxyl groups is 1. The number of nitrogens with zero attached hydrogens (tertiary/aromatic N) is 1. The number of phenolic OH excluding ortho intramolecular Hbond substituents is 2. The normalized spacial score (nSPS) is 19.2. The van der Waals surface area contributed by atoms with Crippen LogP contribution in [0.15, 0.2) is 39.5 Å². The van der Waals surface area contributed by atoms with Gasteiger partial charge in [-0.3, -0.25) is 4.79 Å². The molecule has 2 atom stereocenters. The number of hydrogen-bond donors (Lipinski definition) is 4. The number of aliphatic hydroxyl groups excluding tert-OH is 1. The Morgan fingerprint density at radius 1 is 1.25 bits per heavy atom. The van der Waals surface area contributed by atoms with E-state index in [9.17, 15) is 20.1 Å². The van der Waals surface area contributed by atoms with Crippen molar-refractivity contribution in [2.75, 3.05) is 25.5 Å². The van der Waals surface area contributed by atoms with Crippen LogP contribution in [0.25, 0.3) is 22.3 Å². The van der Waals surface area contributed by atoms with Gasteiger partial charge in [-0.05, 0) is 46.0 Å². The SMILES string of the molecule is CC(C)Nc1cccc(-c2cc(=O)c3c(O)cc(O)c(C4CCN(C)C4CO)c3o2)c1Cl. The lowest BCUT2D eigenvalue weighted by Gasteiger charge is -2.24. The van der Waals surface area contributed by atoms with Crippen molar-refractivity contribution in [2.24, 2.45) is 0 Å². The van der Waals surface area contributed by atoms with Crippen molar-refractivity contribution in [3.8, 4) is 22.8 Å². The Bertz CT molecular complexity index is 1220. The second-order valence-electron chi connectivity index (χ2n) is 8.60. The molecule has 1 fully saturated rings. The van der Waals surface area contributed by atoms with Crippen molar-refractivity contribution in [3.63, 3.8) is 0 Å². The van der Waals surface area contributed by atoms with E-state index in [1.165, 1.54) is 12.1 Å². The highest BCUT2D eigenvalue weighted by atomic mass is 35.5. The molecule has 4 N–H and O–H groups in total. The molecule has 0 spiro atoms. The summed E-state index contributed by atoms with van der Waals surface area (Å²) in [6.45, 7) is 4.60. The van der Waals surface area contributed by atoms with Crippen LogP contribution in [-0.2, 0) is 0 Å². The minimum Gasteiger partial charge on any atom is -0.507 e. The molecule has 0 saturated carbocycles. The number of nitrogens with one attached hydrogen (secondary N) is 1. The van der Waals surface area contributed by atoms with Gasteiger partial charge in [-0.15, -0.1) is 0 Å². The number of rotatable bonds is 5. The van der Waals surface area contributed by atoms with E-state index in [4.69, 9.17) is 16.0 Å². The number of phenols is 2. The molecule has 3 aromatic rings. The maximum Gasteiger partial charge on any atom is 0.197 e. The first-order chi connectivity index (χ1) is 15.2. The average molecular weight is 459 g/mol. The second kappa shape index (κ2) is 8.65. The van der Waals surface area contributed by atoms with Crippen LogP contribution in [-0.4, -0.2) is 52.5 Å². The molecule has 1 aliphatic rings. The molecule has 1 aromatic heterocycles. The molecule has 2 unspecified atom stereocenters. The summed E-state index contributed by atoms with van der Waals surface area (Å²) in [5.74, 6) is -0.556. The fourth-order valence-corrected chi connectivity index (χ4v) is 4.84. The van der Waals surface area contributed by atoms with Gasteiger partial charge in [0, 0.05) is 41.3 Å². The fourth-order valence-electron chi connectivity index (χ4n) is 4.57. The predicted octanol–water partition coefficient (Wildman–Crippen LogP) is 4.12. The van der Waals surface area contributed by atoms with E-state index in [2.05, 4.69) is 5.32 Å². The topological polar surface area (TPSA) is 106 Å². The van der Waals surface area contributed by atoms with Crippen molar-refractivity contribution in [3.05, 3.63) is 51.1 Å². The number of anilines is 1. The molecule has 32 heavy (non-hydrogen) atoms. The molecule has 7 nitrogen and oxygen atoms in total. The van der Waals surface area contributed by atoms with Gasteiger partial charge in [-0.25, -0.2) is 0 Å². The van der Waals surface area contributed by atoms with Gasteiger partial charge in [0.1, 0.15) is 28.2 Å².